The van der Waals surface area contributed by atoms with Crippen molar-refractivity contribution in [2.45, 2.75) is 38.8 Å². The van der Waals surface area contributed by atoms with E-state index in [1.165, 1.54) is 31.4 Å². The van der Waals surface area contributed by atoms with Crippen LogP contribution in [0.1, 0.15) is 31.9 Å². The molecule has 2 aromatic rings. The molecule has 1 aromatic heterocycles. The van der Waals surface area contributed by atoms with Gasteiger partial charge in [-0.05, 0) is 38.4 Å². The Morgan fingerprint density at radius 3 is 3.17 bits per heavy atom. The highest BCUT2D eigenvalue weighted by atomic mass is 19.1. The molecule has 4 heteroatoms. The van der Waals surface area contributed by atoms with Gasteiger partial charge < -0.3 is 4.52 Å². The third-order valence-corrected chi connectivity index (χ3v) is 3.80. The molecule has 0 bridgehead atoms. The molecule has 3 rings (SSSR count). The summed E-state index contributed by atoms with van der Waals surface area (Å²) in [6.07, 6.45) is 3.79. The third kappa shape index (κ3) is 2.12. The summed E-state index contributed by atoms with van der Waals surface area (Å²) >= 11 is 0. The van der Waals surface area contributed by atoms with Crippen molar-refractivity contribution in [3.05, 3.63) is 29.7 Å². The average Bonchev–Trinajstić information content (AvgIpc) is 2.74. The summed E-state index contributed by atoms with van der Waals surface area (Å²) in [7, 11) is 0. The maximum atomic E-state index is 13.1. The minimum atomic E-state index is -0.281. The number of likely N-dealkylation sites (tertiary alicyclic amines) is 1. The molecule has 1 fully saturated rings. The van der Waals surface area contributed by atoms with E-state index in [-0.39, 0.29) is 5.82 Å². The van der Waals surface area contributed by atoms with Gasteiger partial charge in [-0.3, -0.25) is 4.90 Å². The number of piperidine rings is 1. The Hall–Kier alpha value is -1.42. The molecule has 1 aromatic carbocycles. The molecule has 0 aliphatic carbocycles. The third-order valence-electron chi connectivity index (χ3n) is 3.80. The zero-order valence-electron chi connectivity index (χ0n) is 10.5. The van der Waals surface area contributed by atoms with E-state index in [0.29, 0.717) is 11.6 Å². The molecule has 2 heterocycles. The first-order valence-electron chi connectivity index (χ1n) is 6.52. The molecule has 0 spiro atoms. The van der Waals surface area contributed by atoms with Gasteiger partial charge in [0, 0.05) is 24.0 Å². The van der Waals surface area contributed by atoms with E-state index in [1.807, 2.05) is 0 Å². The fraction of sp³-hybridized carbons (Fsp3) is 0.500. The van der Waals surface area contributed by atoms with Gasteiger partial charge in [0.1, 0.15) is 11.5 Å². The van der Waals surface area contributed by atoms with E-state index in [4.69, 9.17) is 4.52 Å². The smallest absolute Gasteiger partial charge is 0.170 e. The maximum Gasteiger partial charge on any atom is 0.170 e. The van der Waals surface area contributed by atoms with E-state index in [9.17, 15) is 4.39 Å². The summed E-state index contributed by atoms with van der Waals surface area (Å²) in [5.74, 6) is -0.281. The molecule has 18 heavy (non-hydrogen) atoms. The fourth-order valence-electron chi connectivity index (χ4n) is 2.66. The summed E-state index contributed by atoms with van der Waals surface area (Å²) in [6.45, 7) is 4.15. The monoisotopic (exact) mass is 248 g/mol. The van der Waals surface area contributed by atoms with Gasteiger partial charge in [-0.2, -0.15) is 0 Å². The number of hydrogen-bond donors (Lipinski definition) is 0. The molecule has 96 valence electrons. The summed E-state index contributed by atoms with van der Waals surface area (Å²) in [4.78, 5) is 2.42. The second kappa shape index (κ2) is 4.69. The number of halogens is 1. The van der Waals surface area contributed by atoms with Gasteiger partial charge in [-0.1, -0.05) is 11.6 Å². The lowest BCUT2D eigenvalue weighted by atomic mass is 10.0. The second-order valence-corrected chi connectivity index (χ2v) is 5.09. The zero-order valence-corrected chi connectivity index (χ0v) is 10.5. The largest absolute Gasteiger partial charge is 0.356 e. The van der Waals surface area contributed by atoms with E-state index in [0.717, 1.165) is 24.2 Å². The van der Waals surface area contributed by atoms with Crippen LogP contribution in [0.25, 0.3) is 11.0 Å². The average molecular weight is 248 g/mol. The zero-order chi connectivity index (χ0) is 12.5. The number of hydrogen-bond acceptors (Lipinski definition) is 3. The predicted octanol–water partition coefficient (Wildman–Crippen LogP) is 3.34. The lowest BCUT2D eigenvalue weighted by molar-refractivity contribution is 0.149. The first-order chi connectivity index (χ1) is 8.74. The Kier molecular flexibility index (Phi) is 3.04. The van der Waals surface area contributed by atoms with Crippen molar-refractivity contribution in [3.63, 3.8) is 0 Å². The number of fused-ring (bicyclic) bond motifs is 1. The lowest BCUT2D eigenvalue weighted by Gasteiger charge is -2.32. The highest BCUT2D eigenvalue weighted by Gasteiger charge is 2.20. The summed E-state index contributed by atoms with van der Waals surface area (Å²) in [5, 5.41) is 5.01. The maximum absolute atomic E-state index is 13.1. The van der Waals surface area contributed by atoms with Gasteiger partial charge in [0.15, 0.2) is 5.58 Å². The van der Waals surface area contributed by atoms with Crippen LogP contribution >= 0.6 is 0 Å². The summed E-state index contributed by atoms with van der Waals surface area (Å²) < 4.78 is 18.3. The Morgan fingerprint density at radius 2 is 2.33 bits per heavy atom. The van der Waals surface area contributed by atoms with Crippen LogP contribution in [-0.2, 0) is 6.54 Å². The highest BCUT2D eigenvalue weighted by molar-refractivity contribution is 5.79. The van der Waals surface area contributed by atoms with Crippen LogP contribution in [-0.4, -0.2) is 22.6 Å². The molecule has 1 saturated heterocycles. The van der Waals surface area contributed by atoms with E-state index in [1.54, 1.807) is 6.07 Å². The summed E-state index contributed by atoms with van der Waals surface area (Å²) in [5.41, 5.74) is 1.45. The van der Waals surface area contributed by atoms with Gasteiger partial charge in [-0.15, -0.1) is 0 Å². The van der Waals surface area contributed by atoms with Crippen LogP contribution in [0.3, 0.4) is 0 Å². The molecule has 1 atom stereocenters. The minimum absolute atomic E-state index is 0.281. The van der Waals surface area contributed by atoms with Gasteiger partial charge >= 0.3 is 0 Å². The SMILES string of the molecule is CC1CCCCN1Cc1noc2cc(F)ccc12. The molecular formula is C14H17FN2O. The summed E-state index contributed by atoms with van der Waals surface area (Å²) in [6, 6.07) is 5.20. The Labute approximate surface area is 106 Å². The highest BCUT2D eigenvalue weighted by Crippen LogP contribution is 2.24. The van der Waals surface area contributed by atoms with Crippen LogP contribution in [0.15, 0.2) is 22.7 Å². The molecule has 0 N–H and O–H groups in total. The van der Waals surface area contributed by atoms with Crippen molar-refractivity contribution in [1.82, 2.24) is 10.1 Å². The van der Waals surface area contributed by atoms with Gasteiger partial charge in [0.25, 0.3) is 0 Å². The predicted molar refractivity (Wildman–Crippen MR) is 67.7 cm³/mol. The standard InChI is InChI=1S/C14H17FN2O/c1-10-4-2-3-7-17(10)9-13-12-6-5-11(15)8-14(12)18-16-13/h5-6,8,10H,2-4,7,9H2,1H3. The number of nitrogens with zero attached hydrogens (tertiary/aromatic N) is 2. The Bertz CT molecular complexity index is 552. The second-order valence-electron chi connectivity index (χ2n) is 5.09. The molecule has 1 aliphatic rings. The van der Waals surface area contributed by atoms with Crippen LogP contribution in [0.5, 0.6) is 0 Å². The molecule has 0 amide bonds. The topological polar surface area (TPSA) is 29.3 Å². The van der Waals surface area contributed by atoms with Crippen LogP contribution in [0.2, 0.25) is 0 Å². The van der Waals surface area contributed by atoms with Crippen LogP contribution in [0, 0.1) is 5.82 Å². The van der Waals surface area contributed by atoms with Gasteiger partial charge in [0.05, 0.1) is 0 Å². The minimum Gasteiger partial charge on any atom is -0.356 e. The Balaban J connectivity index is 1.86. The quantitative estimate of drug-likeness (QED) is 0.816. The number of rotatable bonds is 2. The van der Waals surface area contributed by atoms with E-state index in [2.05, 4.69) is 17.0 Å². The van der Waals surface area contributed by atoms with Crippen molar-refractivity contribution in [3.8, 4) is 0 Å². The molecule has 1 unspecified atom stereocenters. The molecule has 0 saturated carbocycles. The molecule has 1 aliphatic heterocycles. The lowest BCUT2D eigenvalue weighted by Crippen LogP contribution is -2.36. The van der Waals surface area contributed by atoms with E-state index < -0.39 is 0 Å². The number of aromatic nitrogens is 1. The van der Waals surface area contributed by atoms with Crippen molar-refractivity contribution in [1.29, 1.82) is 0 Å². The van der Waals surface area contributed by atoms with Crippen molar-refractivity contribution in [2.24, 2.45) is 0 Å². The van der Waals surface area contributed by atoms with Crippen LogP contribution < -0.4 is 0 Å². The molecular weight excluding hydrogens is 231 g/mol. The van der Waals surface area contributed by atoms with Crippen molar-refractivity contribution >= 4 is 11.0 Å². The number of benzene rings is 1. The first-order valence-corrected chi connectivity index (χ1v) is 6.52. The fourth-order valence-corrected chi connectivity index (χ4v) is 2.66. The normalized spacial score (nSPS) is 21.6. The van der Waals surface area contributed by atoms with Crippen molar-refractivity contribution in [2.75, 3.05) is 6.54 Å². The molecule has 0 radical (unpaired) electrons. The van der Waals surface area contributed by atoms with Crippen molar-refractivity contribution < 1.29 is 8.91 Å². The first kappa shape index (κ1) is 11.7. The van der Waals surface area contributed by atoms with E-state index >= 15 is 0 Å². The van der Waals surface area contributed by atoms with Gasteiger partial charge in [-0.25, -0.2) is 4.39 Å². The van der Waals surface area contributed by atoms with Crippen LogP contribution in [0.4, 0.5) is 4.39 Å². The Morgan fingerprint density at radius 1 is 1.44 bits per heavy atom. The molecule has 3 nitrogen and oxygen atoms in total. The van der Waals surface area contributed by atoms with Gasteiger partial charge in [0.2, 0.25) is 0 Å².